The Balaban J connectivity index is 3.02. The first-order valence-electron chi connectivity index (χ1n) is 4.66. The molecule has 3 nitrogen and oxygen atoms in total. The molecule has 8 heteroatoms. The molecule has 0 saturated heterocycles. The molecule has 0 spiro atoms. The molecule has 0 aliphatic carbocycles. The van der Waals surface area contributed by atoms with Gasteiger partial charge in [0.25, 0.3) is 9.84 Å². The van der Waals surface area contributed by atoms with Crippen molar-refractivity contribution < 1.29 is 21.6 Å². The maximum atomic E-state index is 12.2. The van der Waals surface area contributed by atoms with E-state index in [9.17, 15) is 21.6 Å². The van der Waals surface area contributed by atoms with E-state index in [0.717, 1.165) is 23.9 Å². The molecular weight excluding hydrogens is 287 g/mol. The quantitative estimate of drug-likeness (QED) is 0.804. The molecule has 1 aromatic carbocycles. The van der Waals surface area contributed by atoms with Gasteiger partial charge in [-0.3, -0.25) is 0 Å². The van der Waals surface area contributed by atoms with E-state index in [1.807, 2.05) is 6.07 Å². The predicted molar refractivity (Wildman–Crippen MR) is 60.6 cm³/mol. The molecule has 0 N–H and O–H groups in total. The van der Waals surface area contributed by atoms with Crippen molar-refractivity contribution in [3.05, 3.63) is 24.3 Å². The van der Waals surface area contributed by atoms with Crippen LogP contribution >= 0.6 is 11.8 Å². The van der Waals surface area contributed by atoms with Gasteiger partial charge in [0.2, 0.25) is 0 Å². The summed E-state index contributed by atoms with van der Waals surface area (Å²) in [6.45, 7) is 1.63. The highest BCUT2D eigenvalue weighted by Crippen LogP contribution is 2.31. The second-order valence-electron chi connectivity index (χ2n) is 3.31. The van der Waals surface area contributed by atoms with Crippen molar-refractivity contribution in [3.8, 4) is 6.07 Å². The second-order valence-corrected chi connectivity index (χ2v) is 6.67. The van der Waals surface area contributed by atoms with Crippen molar-refractivity contribution in [2.45, 2.75) is 27.5 Å². The maximum absolute atomic E-state index is 12.2. The number of nitrogens with zero attached hydrogens (tertiary/aromatic N) is 1. The summed E-state index contributed by atoms with van der Waals surface area (Å²) in [5.41, 5.74) is -5.30. The van der Waals surface area contributed by atoms with Crippen LogP contribution in [0, 0.1) is 11.3 Å². The Kier molecular flexibility index (Phi) is 4.29. The molecule has 0 unspecified atom stereocenters. The van der Waals surface area contributed by atoms with Gasteiger partial charge in [0.05, 0.1) is 16.2 Å². The molecule has 0 aromatic heterocycles. The van der Waals surface area contributed by atoms with Crippen LogP contribution in [0.2, 0.25) is 0 Å². The summed E-state index contributed by atoms with van der Waals surface area (Å²) in [7, 11) is -5.30. The highest BCUT2D eigenvalue weighted by molar-refractivity contribution is 8.00. The van der Waals surface area contributed by atoms with Gasteiger partial charge < -0.3 is 0 Å². The Hall–Kier alpha value is -1.20. The van der Waals surface area contributed by atoms with Gasteiger partial charge in [-0.05, 0) is 31.2 Å². The van der Waals surface area contributed by atoms with Gasteiger partial charge in [-0.2, -0.15) is 18.4 Å². The number of thioether (sulfide) groups is 1. The minimum absolute atomic E-state index is 0.366. The molecule has 0 aliphatic rings. The average molecular weight is 295 g/mol. The number of hydrogen-bond donors (Lipinski definition) is 0. The third-order valence-electron chi connectivity index (χ3n) is 1.93. The molecule has 18 heavy (non-hydrogen) atoms. The van der Waals surface area contributed by atoms with E-state index in [1.54, 1.807) is 6.92 Å². The first-order valence-corrected chi connectivity index (χ1v) is 7.02. The van der Waals surface area contributed by atoms with Crippen molar-refractivity contribution in [2.75, 3.05) is 0 Å². The van der Waals surface area contributed by atoms with Crippen LogP contribution in [0.15, 0.2) is 34.1 Å². The first-order chi connectivity index (χ1) is 8.18. The summed E-state index contributed by atoms with van der Waals surface area (Å²) in [5.74, 6) is 0. The lowest BCUT2D eigenvalue weighted by atomic mass is 10.4. The number of sulfone groups is 1. The van der Waals surface area contributed by atoms with Crippen LogP contribution in [0.3, 0.4) is 0 Å². The highest BCUT2D eigenvalue weighted by Gasteiger charge is 2.46. The number of halogens is 3. The van der Waals surface area contributed by atoms with Crippen LogP contribution < -0.4 is 0 Å². The fourth-order valence-electron chi connectivity index (χ4n) is 1.06. The van der Waals surface area contributed by atoms with E-state index in [0.29, 0.717) is 4.90 Å². The summed E-state index contributed by atoms with van der Waals surface area (Å²) >= 11 is 1.13. The zero-order valence-electron chi connectivity index (χ0n) is 9.10. The number of alkyl halides is 3. The molecule has 98 valence electrons. The lowest BCUT2D eigenvalue weighted by Crippen LogP contribution is -2.23. The molecule has 0 saturated carbocycles. The summed E-state index contributed by atoms with van der Waals surface area (Å²) in [5, 5.41) is 8.21. The van der Waals surface area contributed by atoms with Gasteiger partial charge >= 0.3 is 5.51 Å². The Labute approximate surface area is 107 Å². The topological polar surface area (TPSA) is 57.9 Å². The second kappa shape index (κ2) is 5.20. The molecule has 1 rings (SSSR count). The highest BCUT2D eigenvalue weighted by atomic mass is 32.2. The third-order valence-corrected chi connectivity index (χ3v) is 4.44. The van der Waals surface area contributed by atoms with E-state index < -0.39 is 20.2 Å². The Morgan fingerprint density at radius 3 is 2.17 bits per heavy atom. The standard InChI is InChI=1S/C10H8F3NO2S2/c1-7(6-14)17-8-2-4-9(5-3-8)18(15,16)10(11,12)13/h2-5,7H,1H3/t7-/m0/s1. The van der Waals surface area contributed by atoms with Gasteiger partial charge in [-0.1, -0.05) is 0 Å². The smallest absolute Gasteiger partial charge is 0.214 e. The van der Waals surface area contributed by atoms with E-state index in [2.05, 4.69) is 0 Å². The first kappa shape index (κ1) is 14.9. The van der Waals surface area contributed by atoms with Crippen LogP contribution in [0.5, 0.6) is 0 Å². The van der Waals surface area contributed by atoms with Crippen LogP contribution in [-0.4, -0.2) is 19.2 Å². The lowest BCUT2D eigenvalue weighted by Gasteiger charge is -2.08. The molecule has 0 radical (unpaired) electrons. The Morgan fingerprint density at radius 2 is 1.78 bits per heavy atom. The number of hydrogen-bond acceptors (Lipinski definition) is 4. The fraction of sp³-hybridized carbons (Fsp3) is 0.300. The van der Waals surface area contributed by atoms with E-state index in [4.69, 9.17) is 5.26 Å². The van der Waals surface area contributed by atoms with Crippen LogP contribution in [0.1, 0.15) is 6.92 Å². The molecular formula is C10H8F3NO2S2. The van der Waals surface area contributed by atoms with Crippen molar-refractivity contribution in [2.24, 2.45) is 0 Å². The Morgan fingerprint density at radius 1 is 1.28 bits per heavy atom. The lowest BCUT2D eigenvalue weighted by molar-refractivity contribution is -0.0436. The predicted octanol–water partition coefficient (Wildman–Crippen LogP) is 2.98. The SMILES string of the molecule is C[C@@H](C#N)Sc1ccc(S(=O)(=O)C(F)(F)F)cc1. The number of nitriles is 1. The van der Waals surface area contributed by atoms with Gasteiger partial charge in [0.15, 0.2) is 0 Å². The number of rotatable bonds is 3. The van der Waals surface area contributed by atoms with Crippen LogP contribution in [-0.2, 0) is 9.84 Å². The number of benzene rings is 1. The molecule has 0 aliphatic heterocycles. The van der Waals surface area contributed by atoms with Gasteiger partial charge in [-0.15, -0.1) is 11.8 Å². The van der Waals surface area contributed by atoms with Crippen LogP contribution in [0.4, 0.5) is 13.2 Å². The average Bonchev–Trinajstić information content (AvgIpc) is 2.28. The maximum Gasteiger partial charge on any atom is 0.501 e. The van der Waals surface area contributed by atoms with E-state index in [1.165, 1.54) is 12.1 Å². The van der Waals surface area contributed by atoms with Crippen molar-refractivity contribution in [1.82, 2.24) is 0 Å². The van der Waals surface area contributed by atoms with E-state index >= 15 is 0 Å². The third kappa shape index (κ3) is 3.17. The minimum Gasteiger partial charge on any atom is -0.214 e. The fourth-order valence-corrected chi connectivity index (χ4v) is 2.58. The zero-order chi connectivity index (χ0) is 14.0. The molecule has 1 atom stereocenters. The van der Waals surface area contributed by atoms with Gasteiger partial charge in [0, 0.05) is 4.90 Å². The summed E-state index contributed by atoms with van der Waals surface area (Å²) < 4.78 is 58.9. The Bertz CT molecular complexity index is 558. The van der Waals surface area contributed by atoms with Crippen LogP contribution in [0.25, 0.3) is 0 Å². The molecule has 0 amide bonds. The van der Waals surface area contributed by atoms with Gasteiger partial charge in [0.1, 0.15) is 0 Å². The van der Waals surface area contributed by atoms with Gasteiger partial charge in [-0.25, -0.2) is 8.42 Å². The summed E-state index contributed by atoms with van der Waals surface area (Å²) in [6.07, 6.45) is 0. The molecule has 0 heterocycles. The zero-order valence-corrected chi connectivity index (χ0v) is 10.7. The largest absolute Gasteiger partial charge is 0.501 e. The van der Waals surface area contributed by atoms with E-state index in [-0.39, 0.29) is 5.25 Å². The normalized spacial score (nSPS) is 13.9. The minimum atomic E-state index is -5.30. The summed E-state index contributed by atoms with van der Waals surface area (Å²) in [6, 6.07) is 6.21. The van der Waals surface area contributed by atoms with Crippen molar-refractivity contribution in [3.63, 3.8) is 0 Å². The van der Waals surface area contributed by atoms with Crippen molar-refractivity contribution in [1.29, 1.82) is 5.26 Å². The molecule has 0 fully saturated rings. The van der Waals surface area contributed by atoms with Crippen molar-refractivity contribution >= 4 is 21.6 Å². The molecule has 1 aromatic rings. The molecule has 0 bridgehead atoms. The summed E-state index contributed by atoms with van der Waals surface area (Å²) in [4.78, 5) is -0.269. The monoisotopic (exact) mass is 295 g/mol.